The van der Waals surface area contributed by atoms with E-state index in [1.165, 1.54) is 28.6 Å². The van der Waals surface area contributed by atoms with Gasteiger partial charge in [0, 0.05) is 10.3 Å². The maximum absolute atomic E-state index is 12.1. The molecule has 0 amide bonds. The van der Waals surface area contributed by atoms with Crippen LogP contribution < -0.4 is 0 Å². The number of rotatable bonds is 6. The summed E-state index contributed by atoms with van der Waals surface area (Å²) < 4.78 is 6.80. The molecule has 4 aromatic rings. The molecular weight excluding hydrogens is 432 g/mol. The molecule has 0 radical (unpaired) electrons. The first-order valence-electron chi connectivity index (χ1n) is 10.2. The molecule has 3 heterocycles. The van der Waals surface area contributed by atoms with E-state index in [1.54, 1.807) is 22.9 Å². The maximum Gasteiger partial charge on any atom is 0.313 e. The van der Waals surface area contributed by atoms with Gasteiger partial charge in [0.2, 0.25) is 5.16 Å². The number of fused-ring (bicyclic) bond motifs is 3. The number of aryl methyl sites for hydroxylation is 2. The van der Waals surface area contributed by atoms with Crippen molar-refractivity contribution in [2.75, 3.05) is 6.61 Å². The van der Waals surface area contributed by atoms with Crippen LogP contribution in [0.3, 0.4) is 0 Å². The third kappa shape index (κ3) is 4.05. The minimum absolute atomic E-state index is 0.0452. The zero-order chi connectivity index (χ0) is 21.2. The Balaban J connectivity index is 1.59. The second-order valence-corrected chi connectivity index (χ2v) is 9.17. The fourth-order valence-electron chi connectivity index (χ4n) is 3.72. The summed E-state index contributed by atoms with van der Waals surface area (Å²) >= 11 is 3.11. The summed E-state index contributed by atoms with van der Waals surface area (Å²) in [6.07, 6.45) is 4.49. The third-order valence-corrected chi connectivity index (χ3v) is 7.18. The van der Waals surface area contributed by atoms with Crippen LogP contribution in [0.4, 0.5) is 0 Å². The summed E-state index contributed by atoms with van der Waals surface area (Å²) in [6.45, 7) is 2.13. The molecule has 0 saturated carbocycles. The summed E-state index contributed by atoms with van der Waals surface area (Å²) in [4.78, 5) is 23.8. The van der Waals surface area contributed by atoms with Crippen molar-refractivity contribution in [2.24, 2.45) is 0 Å². The van der Waals surface area contributed by atoms with Crippen molar-refractivity contribution in [1.29, 1.82) is 0 Å². The summed E-state index contributed by atoms with van der Waals surface area (Å²) in [5.41, 5.74) is 2.20. The number of tetrazole rings is 1. The predicted molar refractivity (Wildman–Crippen MR) is 118 cm³/mol. The molecule has 0 N–H and O–H groups in total. The van der Waals surface area contributed by atoms with Crippen molar-refractivity contribution in [1.82, 2.24) is 30.2 Å². The number of hydrogen-bond acceptors (Lipinski definition) is 9. The van der Waals surface area contributed by atoms with Crippen molar-refractivity contribution in [2.45, 2.75) is 49.2 Å². The summed E-state index contributed by atoms with van der Waals surface area (Å²) in [7, 11) is 0. The number of benzene rings is 1. The summed E-state index contributed by atoms with van der Waals surface area (Å²) in [6, 6.07) is 9.75. The SMILES string of the molecule is CCOC(=O)Cc1nc(Sc2nnnn2-c2ccccc2)c2c3c(sc2n1)CCCC3. The van der Waals surface area contributed by atoms with E-state index in [1.807, 2.05) is 30.3 Å². The standard InChI is InChI=1S/C21H20N6O2S2/c1-2-29-17(28)12-16-22-19-18(14-10-6-7-11-15(14)30-19)20(23-16)31-21-24-25-26-27(21)13-8-4-3-5-9-13/h3-5,8-9H,2,6-7,10-12H2,1H3. The van der Waals surface area contributed by atoms with E-state index in [0.29, 0.717) is 17.6 Å². The topological polar surface area (TPSA) is 95.7 Å². The quantitative estimate of drug-likeness (QED) is 0.322. The van der Waals surface area contributed by atoms with Crippen molar-refractivity contribution >= 4 is 39.3 Å². The van der Waals surface area contributed by atoms with Crippen LogP contribution in [0, 0.1) is 0 Å². The molecule has 1 aliphatic carbocycles. The Kier molecular flexibility index (Phi) is 5.65. The van der Waals surface area contributed by atoms with Crippen LogP contribution in [0.25, 0.3) is 15.9 Å². The van der Waals surface area contributed by atoms with Crippen LogP contribution in [0.15, 0.2) is 40.5 Å². The molecule has 10 heteroatoms. The van der Waals surface area contributed by atoms with Crippen molar-refractivity contribution in [3.8, 4) is 5.69 Å². The summed E-state index contributed by atoms with van der Waals surface area (Å²) in [5.74, 6) is 0.138. The van der Waals surface area contributed by atoms with Gasteiger partial charge in [-0.3, -0.25) is 4.79 Å². The molecule has 31 heavy (non-hydrogen) atoms. The Labute approximate surface area is 187 Å². The first-order valence-corrected chi connectivity index (χ1v) is 11.8. The van der Waals surface area contributed by atoms with Crippen LogP contribution >= 0.6 is 23.1 Å². The largest absolute Gasteiger partial charge is 0.466 e. The number of thiophene rings is 1. The molecule has 0 saturated heterocycles. The molecular formula is C21H20N6O2S2. The lowest BCUT2D eigenvalue weighted by Crippen LogP contribution is -2.11. The summed E-state index contributed by atoms with van der Waals surface area (Å²) in [5, 5.41) is 14.7. The number of hydrogen-bond donors (Lipinski definition) is 0. The highest BCUT2D eigenvalue weighted by molar-refractivity contribution is 7.99. The average Bonchev–Trinajstić information content (AvgIpc) is 3.38. The van der Waals surface area contributed by atoms with Crippen molar-refractivity contribution in [3.63, 3.8) is 0 Å². The third-order valence-electron chi connectivity index (χ3n) is 5.07. The van der Waals surface area contributed by atoms with Gasteiger partial charge in [-0.1, -0.05) is 18.2 Å². The zero-order valence-corrected chi connectivity index (χ0v) is 18.6. The number of ether oxygens (including phenoxy) is 1. The van der Waals surface area contributed by atoms with E-state index in [-0.39, 0.29) is 12.4 Å². The van der Waals surface area contributed by atoms with Crippen molar-refractivity contribution < 1.29 is 9.53 Å². The minimum Gasteiger partial charge on any atom is -0.466 e. The van der Waals surface area contributed by atoms with Crippen LogP contribution in [-0.2, 0) is 28.8 Å². The Morgan fingerprint density at radius 1 is 1.19 bits per heavy atom. The number of aromatic nitrogens is 6. The van der Waals surface area contributed by atoms with Crippen LogP contribution in [0.2, 0.25) is 0 Å². The van der Waals surface area contributed by atoms with Crippen LogP contribution in [-0.4, -0.2) is 42.8 Å². The fourth-order valence-corrected chi connectivity index (χ4v) is 6.02. The normalized spacial score (nSPS) is 13.3. The van der Waals surface area contributed by atoms with Crippen LogP contribution in [0.5, 0.6) is 0 Å². The van der Waals surface area contributed by atoms with E-state index < -0.39 is 0 Å². The molecule has 0 bridgehead atoms. The van der Waals surface area contributed by atoms with E-state index in [9.17, 15) is 4.79 Å². The fraction of sp³-hybridized carbons (Fsp3) is 0.333. The molecule has 1 aromatic carbocycles. The number of carbonyl (C=O) groups is 1. The van der Waals surface area contributed by atoms with Crippen LogP contribution in [0.1, 0.15) is 36.0 Å². The molecule has 0 unspecified atom stereocenters. The monoisotopic (exact) mass is 452 g/mol. The van der Waals surface area contributed by atoms with Gasteiger partial charge in [0.25, 0.3) is 0 Å². The second kappa shape index (κ2) is 8.72. The molecule has 158 valence electrons. The minimum atomic E-state index is -0.326. The van der Waals surface area contributed by atoms with Gasteiger partial charge in [-0.05, 0) is 72.5 Å². The lowest BCUT2D eigenvalue weighted by Gasteiger charge is -2.12. The molecule has 5 rings (SSSR count). The smallest absolute Gasteiger partial charge is 0.313 e. The molecule has 0 aliphatic heterocycles. The van der Waals surface area contributed by atoms with Gasteiger partial charge in [-0.2, -0.15) is 4.68 Å². The van der Waals surface area contributed by atoms with Gasteiger partial charge >= 0.3 is 5.97 Å². The Morgan fingerprint density at radius 2 is 2.03 bits per heavy atom. The van der Waals surface area contributed by atoms with E-state index in [2.05, 4.69) is 15.5 Å². The van der Waals surface area contributed by atoms with Gasteiger partial charge in [-0.15, -0.1) is 16.4 Å². The van der Waals surface area contributed by atoms with Crippen molar-refractivity contribution in [3.05, 3.63) is 46.6 Å². The lowest BCUT2D eigenvalue weighted by atomic mass is 9.97. The number of para-hydroxylation sites is 1. The Hall–Kier alpha value is -2.85. The first kappa shape index (κ1) is 20.1. The first-order chi connectivity index (χ1) is 15.2. The average molecular weight is 453 g/mol. The van der Waals surface area contributed by atoms with Gasteiger partial charge in [0.1, 0.15) is 22.1 Å². The molecule has 3 aromatic heterocycles. The molecule has 0 atom stereocenters. The number of esters is 1. The molecule has 0 spiro atoms. The zero-order valence-electron chi connectivity index (χ0n) is 16.9. The Morgan fingerprint density at radius 3 is 2.87 bits per heavy atom. The second-order valence-electron chi connectivity index (χ2n) is 7.13. The maximum atomic E-state index is 12.1. The number of carbonyl (C=O) groups excluding carboxylic acids is 1. The molecule has 8 nitrogen and oxygen atoms in total. The van der Waals surface area contributed by atoms with Gasteiger partial charge < -0.3 is 4.74 Å². The number of nitrogens with zero attached hydrogens (tertiary/aromatic N) is 6. The van der Waals surface area contributed by atoms with E-state index in [0.717, 1.165) is 40.2 Å². The Bertz CT molecular complexity index is 1240. The molecule has 0 fully saturated rings. The highest BCUT2D eigenvalue weighted by Crippen LogP contribution is 2.41. The van der Waals surface area contributed by atoms with Gasteiger partial charge in [0.15, 0.2) is 0 Å². The lowest BCUT2D eigenvalue weighted by molar-refractivity contribution is -0.142. The van der Waals surface area contributed by atoms with E-state index in [4.69, 9.17) is 14.7 Å². The highest BCUT2D eigenvalue weighted by atomic mass is 32.2. The molecule has 1 aliphatic rings. The van der Waals surface area contributed by atoms with E-state index >= 15 is 0 Å². The highest BCUT2D eigenvalue weighted by Gasteiger charge is 2.24. The predicted octanol–water partition coefficient (Wildman–Crippen LogP) is 3.80. The van der Waals surface area contributed by atoms with Gasteiger partial charge in [-0.25, -0.2) is 9.97 Å². The van der Waals surface area contributed by atoms with Gasteiger partial charge in [0.05, 0.1) is 12.3 Å².